The van der Waals surface area contributed by atoms with Crippen molar-refractivity contribution in [2.24, 2.45) is 0 Å². The van der Waals surface area contributed by atoms with E-state index < -0.39 is 29.4 Å². The quantitative estimate of drug-likeness (QED) is 0.593. The summed E-state index contributed by atoms with van der Waals surface area (Å²) in [5.41, 5.74) is -0.00180. The molecule has 0 saturated carbocycles. The lowest BCUT2D eigenvalue weighted by atomic mass is 9.94. The normalized spacial score (nSPS) is 13.4. The highest BCUT2D eigenvalue weighted by atomic mass is 35.5. The number of hydrogen-bond donors (Lipinski definition) is 2. The monoisotopic (exact) mass is 478 g/mol. The molecule has 0 fully saturated rings. The first-order valence-electron chi connectivity index (χ1n) is 10.0. The molecule has 0 aliphatic heterocycles. The highest BCUT2D eigenvalue weighted by Crippen LogP contribution is 2.31. The number of pyridine rings is 2. The Labute approximate surface area is 191 Å². The van der Waals surface area contributed by atoms with Crippen LogP contribution in [0.15, 0.2) is 30.5 Å². The average molecular weight is 479 g/mol. The fourth-order valence-corrected chi connectivity index (χ4v) is 3.79. The summed E-state index contributed by atoms with van der Waals surface area (Å²) >= 11 is 6.08. The number of carbonyl (C=O) groups excluding carboxylic acids is 2. The Hall–Kier alpha value is -3.47. The molecule has 3 heterocycles. The molecule has 0 aromatic carbocycles. The van der Waals surface area contributed by atoms with Crippen molar-refractivity contribution in [3.8, 4) is 5.82 Å². The summed E-state index contributed by atoms with van der Waals surface area (Å²) in [5, 5.41) is 8.47. The Morgan fingerprint density at radius 3 is 2.61 bits per heavy atom. The molecule has 3 aromatic rings. The lowest BCUT2D eigenvalue weighted by Gasteiger charge is -2.18. The molecule has 0 bridgehead atoms. The van der Waals surface area contributed by atoms with E-state index in [0.717, 1.165) is 35.2 Å². The van der Waals surface area contributed by atoms with Crippen LogP contribution < -0.4 is 10.6 Å². The van der Waals surface area contributed by atoms with Gasteiger partial charge in [0.25, 0.3) is 11.8 Å². The number of nitrogens with one attached hydrogen (secondary N) is 2. The summed E-state index contributed by atoms with van der Waals surface area (Å²) < 4.78 is 40.8. The second-order valence-electron chi connectivity index (χ2n) is 7.36. The molecule has 0 spiro atoms. The molecule has 2 amide bonds. The SMILES string of the molecule is CNC(=O)c1cc2c(nc1NC(=O)c1cc(C(F)(F)F)nn1-c1ncccc1Cl)CCCC2. The van der Waals surface area contributed by atoms with Crippen molar-refractivity contribution in [1.29, 1.82) is 0 Å². The first-order chi connectivity index (χ1) is 15.7. The average Bonchev–Trinajstić information content (AvgIpc) is 3.24. The number of carbonyl (C=O) groups is 2. The van der Waals surface area contributed by atoms with Crippen LogP contribution in [0.3, 0.4) is 0 Å². The minimum absolute atomic E-state index is 0.00123. The van der Waals surface area contributed by atoms with Gasteiger partial charge in [-0.1, -0.05) is 11.6 Å². The van der Waals surface area contributed by atoms with E-state index in [1.165, 1.54) is 25.4 Å². The molecule has 2 N–H and O–H groups in total. The van der Waals surface area contributed by atoms with E-state index in [2.05, 4.69) is 25.7 Å². The third kappa shape index (κ3) is 4.54. The minimum Gasteiger partial charge on any atom is -0.355 e. The van der Waals surface area contributed by atoms with Crippen LogP contribution in [0, 0.1) is 0 Å². The number of hydrogen-bond acceptors (Lipinski definition) is 5. The summed E-state index contributed by atoms with van der Waals surface area (Å²) in [6.45, 7) is 0. The number of aromatic nitrogens is 4. The van der Waals surface area contributed by atoms with Gasteiger partial charge >= 0.3 is 6.18 Å². The van der Waals surface area contributed by atoms with Crippen molar-refractivity contribution in [3.05, 3.63) is 63.7 Å². The van der Waals surface area contributed by atoms with Gasteiger partial charge < -0.3 is 10.6 Å². The Kier molecular flexibility index (Phi) is 6.07. The maximum Gasteiger partial charge on any atom is 0.435 e. The summed E-state index contributed by atoms with van der Waals surface area (Å²) in [5.74, 6) is -1.63. The number of nitrogens with zero attached hydrogens (tertiary/aromatic N) is 4. The van der Waals surface area contributed by atoms with Gasteiger partial charge in [0.15, 0.2) is 11.5 Å². The lowest BCUT2D eigenvalue weighted by Crippen LogP contribution is -2.25. The van der Waals surface area contributed by atoms with Gasteiger partial charge in [0.2, 0.25) is 0 Å². The zero-order chi connectivity index (χ0) is 23.8. The molecule has 0 atom stereocenters. The zero-order valence-corrected chi connectivity index (χ0v) is 18.1. The van der Waals surface area contributed by atoms with Gasteiger partial charge in [-0.15, -0.1) is 0 Å². The third-order valence-electron chi connectivity index (χ3n) is 5.18. The van der Waals surface area contributed by atoms with E-state index in [0.29, 0.717) is 12.5 Å². The minimum atomic E-state index is -4.81. The van der Waals surface area contributed by atoms with E-state index >= 15 is 0 Å². The fraction of sp³-hybridized carbons (Fsp3) is 0.286. The van der Waals surface area contributed by atoms with Crippen LogP contribution in [0.2, 0.25) is 5.02 Å². The molecule has 4 rings (SSSR count). The highest BCUT2D eigenvalue weighted by Gasteiger charge is 2.37. The number of aryl methyl sites for hydroxylation is 2. The molecule has 8 nitrogen and oxygen atoms in total. The number of alkyl halides is 3. The maximum atomic E-state index is 13.4. The molecule has 1 aliphatic rings. The first kappa shape index (κ1) is 22.7. The summed E-state index contributed by atoms with van der Waals surface area (Å²) in [6, 6.07) is 5.16. The number of rotatable bonds is 4. The molecule has 0 radical (unpaired) electrons. The number of amides is 2. The van der Waals surface area contributed by atoms with Crippen LogP contribution in [0.4, 0.5) is 19.0 Å². The van der Waals surface area contributed by atoms with Crippen LogP contribution in [0.25, 0.3) is 5.82 Å². The van der Waals surface area contributed by atoms with E-state index in [9.17, 15) is 22.8 Å². The van der Waals surface area contributed by atoms with Crippen LogP contribution in [0.5, 0.6) is 0 Å². The van der Waals surface area contributed by atoms with Crippen molar-refractivity contribution in [1.82, 2.24) is 25.1 Å². The second kappa shape index (κ2) is 8.81. The molecule has 33 heavy (non-hydrogen) atoms. The molecule has 3 aromatic heterocycles. The summed E-state index contributed by atoms with van der Waals surface area (Å²) in [6.07, 6.45) is -0.206. The second-order valence-corrected chi connectivity index (χ2v) is 7.77. The Morgan fingerprint density at radius 1 is 1.15 bits per heavy atom. The Bertz CT molecular complexity index is 1240. The molecular weight excluding hydrogens is 461 g/mol. The van der Waals surface area contributed by atoms with E-state index in [1.807, 2.05) is 0 Å². The van der Waals surface area contributed by atoms with E-state index in [4.69, 9.17) is 11.6 Å². The summed E-state index contributed by atoms with van der Waals surface area (Å²) in [7, 11) is 1.43. The third-order valence-corrected chi connectivity index (χ3v) is 5.47. The smallest absolute Gasteiger partial charge is 0.355 e. The van der Waals surface area contributed by atoms with Gasteiger partial charge in [0.1, 0.15) is 11.5 Å². The maximum absolute atomic E-state index is 13.4. The molecule has 0 unspecified atom stereocenters. The topological polar surface area (TPSA) is 102 Å². The Morgan fingerprint density at radius 2 is 1.91 bits per heavy atom. The molecule has 1 aliphatic carbocycles. The lowest BCUT2D eigenvalue weighted by molar-refractivity contribution is -0.141. The van der Waals surface area contributed by atoms with Crippen molar-refractivity contribution in [3.63, 3.8) is 0 Å². The molecular formula is C21H18ClF3N6O2. The predicted molar refractivity (Wildman–Crippen MR) is 114 cm³/mol. The van der Waals surface area contributed by atoms with Crippen LogP contribution in [0.1, 0.15) is 50.6 Å². The largest absolute Gasteiger partial charge is 0.435 e. The zero-order valence-electron chi connectivity index (χ0n) is 17.3. The van der Waals surface area contributed by atoms with Crippen molar-refractivity contribution in [2.45, 2.75) is 31.9 Å². The van der Waals surface area contributed by atoms with E-state index in [1.54, 1.807) is 6.07 Å². The van der Waals surface area contributed by atoms with Gasteiger partial charge in [-0.3, -0.25) is 9.59 Å². The number of fused-ring (bicyclic) bond motifs is 1. The van der Waals surface area contributed by atoms with Gasteiger partial charge in [0.05, 0.1) is 10.6 Å². The van der Waals surface area contributed by atoms with E-state index in [-0.39, 0.29) is 22.2 Å². The molecule has 172 valence electrons. The standard InChI is InChI=1S/C21H18ClF3N6O2/c1-26-19(32)12-9-11-5-2-3-7-14(11)28-17(12)29-20(33)15-10-16(21(23,24)25)30-31(15)18-13(22)6-4-8-27-18/h4,6,8-10H,2-3,5,7H2,1H3,(H,26,32)(H,28,29,33). The number of halogens is 4. The number of anilines is 1. The van der Waals surface area contributed by atoms with Gasteiger partial charge in [0, 0.05) is 25.0 Å². The first-order valence-corrected chi connectivity index (χ1v) is 10.4. The molecule has 0 saturated heterocycles. The molecule has 12 heteroatoms. The van der Waals surface area contributed by atoms with Crippen molar-refractivity contribution < 1.29 is 22.8 Å². The van der Waals surface area contributed by atoms with Crippen molar-refractivity contribution in [2.75, 3.05) is 12.4 Å². The van der Waals surface area contributed by atoms with Crippen molar-refractivity contribution >= 4 is 29.2 Å². The highest BCUT2D eigenvalue weighted by molar-refractivity contribution is 6.32. The van der Waals surface area contributed by atoms with Gasteiger partial charge in [-0.05, 0) is 49.4 Å². The van der Waals surface area contributed by atoms with Gasteiger partial charge in [-0.2, -0.15) is 18.3 Å². The van der Waals surface area contributed by atoms with Crippen LogP contribution >= 0.6 is 11.6 Å². The summed E-state index contributed by atoms with van der Waals surface area (Å²) in [4.78, 5) is 33.9. The van der Waals surface area contributed by atoms with Gasteiger partial charge in [-0.25, -0.2) is 14.6 Å². The van der Waals surface area contributed by atoms with Crippen LogP contribution in [-0.4, -0.2) is 38.6 Å². The fourth-order valence-electron chi connectivity index (χ4n) is 3.58. The van der Waals surface area contributed by atoms with Crippen LogP contribution in [-0.2, 0) is 19.0 Å². The predicted octanol–water partition coefficient (Wildman–Crippen LogP) is 3.83. The Balaban J connectivity index is 1.79.